The number of methoxy groups -OCH3 is 1. The molecule has 1 aromatic heterocycles. The molecule has 1 N–H and O–H groups in total. The number of ether oxygens (including phenoxy) is 1. The lowest BCUT2D eigenvalue weighted by Crippen LogP contribution is -2.00. The molecule has 2 aromatic rings. The zero-order valence-electron chi connectivity index (χ0n) is 9.43. The van der Waals surface area contributed by atoms with E-state index >= 15 is 0 Å². The third kappa shape index (κ3) is 3.54. The van der Waals surface area contributed by atoms with E-state index in [2.05, 4.69) is 43.7 Å². The molecule has 0 atom stereocenters. The van der Waals surface area contributed by atoms with Crippen LogP contribution in [-0.2, 0) is 18.0 Å². The Morgan fingerprint density at radius 1 is 1.47 bits per heavy atom. The Morgan fingerprint density at radius 2 is 2.35 bits per heavy atom. The Hall–Kier alpha value is -1.40. The van der Waals surface area contributed by atoms with E-state index in [0.29, 0.717) is 13.3 Å². The molecule has 0 radical (unpaired) electrons. The first-order chi connectivity index (χ1) is 8.28. The highest BCUT2D eigenvalue weighted by Crippen LogP contribution is 2.12. The number of nitrogens with zero attached hydrogens (tertiary/aromatic N) is 3. The number of halogens is 1. The molecule has 0 unspecified atom stereocenters. The quantitative estimate of drug-likeness (QED) is 0.919. The molecular weight excluding hydrogens is 284 g/mol. The van der Waals surface area contributed by atoms with Crippen molar-refractivity contribution in [3.05, 3.63) is 40.5 Å². The Bertz CT molecular complexity index is 486. The summed E-state index contributed by atoms with van der Waals surface area (Å²) in [4.78, 5) is 0. The van der Waals surface area contributed by atoms with Crippen molar-refractivity contribution < 1.29 is 4.74 Å². The summed E-state index contributed by atoms with van der Waals surface area (Å²) >= 11 is 3.44. The first-order valence-corrected chi connectivity index (χ1v) is 5.94. The minimum atomic E-state index is 0.408. The van der Waals surface area contributed by atoms with Gasteiger partial charge in [0.25, 0.3) is 0 Å². The summed E-state index contributed by atoms with van der Waals surface area (Å²) in [5.74, 6) is 0.738. The van der Waals surface area contributed by atoms with Crippen LogP contribution in [0.25, 0.3) is 0 Å². The monoisotopic (exact) mass is 296 g/mol. The molecule has 0 aliphatic heterocycles. The van der Waals surface area contributed by atoms with E-state index in [4.69, 9.17) is 4.74 Å². The van der Waals surface area contributed by atoms with Crippen LogP contribution in [0.15, 0.2) is 34.9 Å². The third-order valence-corrected chi connectivity index (χ3v) is 2.66. The van der Waals surface area contributed by atoms with Crippen LogP contribution in [0.3, 0.4) is 0 Å². The van der Waals surface area contributed by atoms with Gasteiger partial charge >= 0.3 is 0 Å². The first kappa shape index (κ1) is 12.1. The molecule has 17 heavy (non-hydrogen) atoms. The largest absolute Gasteiger partial charge is 0.363 e. The molecule has 0 bridgehead atoms. The van der Waals surface area contributed by atoms with Crippen molar-refractivity contribution in [1.29, 1.82) is 0 Å². The lowest BCUT2D eigenvalue weighted by Gasteiger charge is -2.02. The van der Waals surface area contributed by atoms with E-state index in [1.54, 1.807) is 11.8 Å². The Labute approximate surface area is 108 Å². The summed E-state index contributed by atoms with van der Waals surface area (Å²) in [7, 11) is 1.62. The fourth-order valence-corrected chi connectivity index (χ4v) is 1.86. The first-order valence-electron chi connectivity index (χ1n) is 5.15. The van der Waals surface area contributed by atoms with E-state index in [9.17, 15) is 0 Å². The summed E-state index contributed by atoms with van der Waals surface area (Å²) in [6.45, 7) is 1.12. The molecule has 0 aliphatic rings. The molecule has 0 spiro atoms. The number of anilines is 1. The van der Waals surface area contributed by atoms with Crippen LogP contribution in [0.4, 0.5) is 5.82 Å². The Balaban J connectivity index is 1.93. The van der Waals surface area contributed by atoms with Gasteiger partial charge in [-0.15, -0.1) is 5.10 Å². The number of nitrogens with one attached hydrogen (secondary N) is 1. The van der Waals surface area contributed by atoms with Gasteiger partial charge in [-0.2, -0.15) is 0 Å². The van der Waals surface area contributed by atoms with Gasteiger partial charge in [0.05, 0.1) is 6.20 Å². The standard InChI is InChI=1S/C11H13BrN4O/c1-17-8-16-7-11(14-15-16)13-6-9-3-2-4-10(12)5-9/h2-5,7,13H,6,8H2,1H3. The summed E-state index contributed by atoms with van der Waals surface area (Å²) in [5, 5.41) is 11.1. The highest BCUT2D eigenvalue weighted by molar-refractivity contribution is 9.10. The highest BCUT2D eigenvalue weighted by atomic mass is 79.9. The van der Waals surface area contributed by atoms with Crippen molar-refractivity contribution in [3.63, 3.8) is 0 Å². The number of hydrogen-bond donors (Lipinski definition) is 1. The van der Waals surface area contributed by atoms with Gasteiger partial charge in [0.1, 0.15) is 6.73 Å². The van der Waals surface area contributed by atoms with Gasteiger partial charge < -0.3 is 10.1 Å². The summed E-state index contributed by atoms with van der Waals surface area (Å²) < 4.78 is 7.64. The van der Waals surface area contributed by atoms with Crippen molar-refractivity contribution in [2.45, 2.75) is 13.3 Å². The predicted octanol–water partition coefficient (Wildman–Crippen LogP) is 2.26. The topological polar surface area (TPSA) is 52.0 Å². The summed E-state index contributed by atoms with van der Waals surface area (Å²) in [5.41, 5.74) is 1.18. The second-order valence-corrected chi connectivity index (χ2v) is 4.46. The van der Waals surface area contributed by atoms with Crippen LogP contribution in [0.5, 0.6) is 0 Å². The summed E-state index contributed by atoms with van der Waals surface area (Å²) in [6.07, 6.45) is 1.81. The van der Waals surface area contributed by atoms with Gasteiger partial charge in [0.2, 0.25) is 0 Å². The average molecular weight is 297 g/mol. The number of hydrogen-bond acceptors (Lipinski definition) is 4. The molecule has 0 aliphatic carbocycles. The Kier molecular flexibility index (Phi) is 4.11. The molecular formula is C11H13BrN4O. The minimum Gasteiger partial charge on any atom is -0.363 e. The zero-order chi connectivity index (χ0) is 12.1. The molecule has 90 valence electrons. The maximum Gasteiger partial charge on any atom is 0.168 e. The van der Waals surface area contributed by atoms with Crippen LogP contribution >= 0.6 is 15.9 Å². The molecule has 1 heterocycles. The maximum atomic E-state index is 4.95. The van der Waals surface area contributed by atoms with Gasteiger partial charge in [0.15, 0.2) is 5.82 Å². The van der Waals surface area contributed by atoms with Crippen LogP contribution in [-0.4, -0.2) is 22.1 Å². The van der Waals surface area contributed by atoms with E-state index in [-0.39, 0.29) is 0 Å². The molecule has 0 amide bonds. The zero-order valence-corrected chi connectivity index (χ0v) is 11.0. The number of aromatic nitrogens is 3. The van der Waals surface area contributed by atoms with Crippen LogP contribution in [0.2, 0.25) is 0 Å². The van der Waals surface area contributed by atoms with Crippen LogP contribution < -0.4 is 5.32 Å². The highest BCUT2D eigenvalue weighted by Gasteiger charge is 2.00. The molecule has 1 aromatic carbocycles. The number of rotatable bonds is 5. The van der Waals surface area contributed by atoms with E-state index in [0.717, 1.165) is 10.3 Å². The smallest absolute Gasteiger partial charge is 0.168 e. The fourth-order valence-electron chi connectivity index (χ4n) is 1.41. The van der Waals surface area contributed by atoms with Crippen LogP contribution in [0, 0.1) is 0 Å². The van der Waals surface area contributed by atoms with Crippen molar-refractivity contribution >= 4 is 21.7 Å². The van der Waals surface area contributed by atoms with Gasteiger partial charge in [0, 0.05) is 18.1 Å². The summed E-state index contributed by atoms with van der Waals surface area (Å²) in [6, 6.07) is 8.12. The second kappa shape index (κ2) is 5.79. The average Bonchev–Trinajstić information content (AvgIpc) is 2.75. The normalized spacial score (nSPS) is 10.5. The minimum absolute atomic E-state index is 0.408. The molecule has 0 fully saturated rings. The van der Waals surface area contributed by atoms with Crippen molar-refractivity contribution in [3.8, 4) is 0 Å². The fraction of sp³-hybridized carbons (Fsp3) is 0.273. The number of benzene rings is 1. The molecule has 0 saturated heterocycles. The predicted molar refractivity (Wildman–Crippen MR) is 68.5 cm³/mol. The van der Waals surface area contributed by atoms with Gasteiger partial charge in [-0.3, -0.25) is 0 Å². The lowest BCUT2D eigenvalue weighted by atomic mass is 10.2. The molecule has 6 heteroatoms. The third-order valence-electron chi connectivity index (χ3n) is 2.16. The Morgan fingerprint density at radius 3 is 3.12 bits per heavy atom. The SMILES string of the molecule is COCn1cc(NCc2cccc(Br)c2)nn1. The molecule has 2 rings (SSSR count). The maximum absolute atomic E-state index is 4.95. The van der Waals surface area contributed by atoms with Crippen molar-refractivity contribution in [2.75, 3.05) is 12.4 Å². The molecule has 0 saturated carbocycles. The van der Waals surface area contributed by atoms with E-state index < -0.39 is 0 Å². The van der Waals surface area contributed by atoms with Crippen molar-refractivity contribution in [2.24, 2.45) is 0 Å². The lowest BCUT2D eigenvalue weighted by molar-refractivity contribution is 0.119. The van der Waals surface area contributed by atoms with E-state index in [1.807, 2.05) is 18.3 Å². The van der Waals surface area contributed by atoms with Gasteiger partial charge in [-0.05, 0) is 17.7 Å². The van der Waals surface area contributed by atoms with Gasteiger partial charge in [-0.25, -0.2) is 4.68 Å². The van der Waals surface area contributed by atoms with E-state index in [1.165, 1.54) is 5.56 Å². The van der Waals surface area contributed by atoms with Gasteiger partial charge in [-0.1, -0.05) is 33.3 Å². The molecule has 5 nitrogen and oxygen atoms in total. The second-order valence-electron chi connectivity index (χ2n) is 3.54. The van der Waals surface area contributed by atoms with Crippen LogP contribution in [0.1, 0.15) is 5.56 Å². The van der Waals surface area contributed by atoms with Crippen molar-refractivity contribution in [1.82, 2.24) is 15.0 Å².